The van der Waals surface area contributed by atoms with Gasteiger partial charge in [-0.2, -0.15) is 0 Å². The highest BCUT2D eigenvalue weighted by molar-refractivity contribution is 6.05. The van der Waals surface area contributed by atoms with Crippen LogP contribution in [0.15, 0.2) is 24.3 Å². The van der Waals surface area contributed by atoms with Crippen molar-refractivity contribution in [1.29, 1.82) is 0 Å². The first-order valence-electron chi connectivity index (χ1n) is 8.12. The van der Waals surface area contributed by atoms with Gasteiger partial charge in [0.05, 0.1) is 18.8 Å². The topological polar surface area (TPSA) is 59.8 Å². The Bertz CT molecular complexity index is 645. The van der Waals surface area contributed by atoms with Gasteiger partial charge in [0.1, 0.15) is 12.0 Å². The van der Waals surface area contributed by atoms with Crippen molar-refractivity contribution >= 4 is 17.6 Å². The van der Waals surface area contributed by atoms with Gasteiger partial charge in [-0.15, -0.1) is 0 Å². The van der Waals surface area contributed by atoms with Crippen LogP contribution in [0.5, 0.6) is 0 Å². The van der Waals surface area contributed by atoms with E-state index in [-0.39, 0.29) is 23.8 Å². The fourth-order valence-electron chi connectivity index (χ4n) is 4.78. The van der Waals surface area contributed by atoms with E-state index in [9.17, 15) is 9.59 Å². The number of rotatable bonds is 2. The van der Waals surface area contributed by atoms with Gasteiger partial charge in [-0.1, -0.05) is 18.2 Å². The third kappa shape index (κ3) is 1.63. The molecule has 0 aromatic heterocycles. The van der Waals surface area contributed by atoms with Gasteiger partial charge in [-0.25, -0.2) is 0 Å². The smallest absolute Gasteiger partial charge is 0.315 e. The van der Waals surface area contributed by atoms with Gasteiger partial charge >= 0.3 is 5.97 Å². The van der Waals surface area contributed by atoms with Crippen molar-refractivity contribution in [2.75, 3.05) is 18.5 Å². The van der Waals surface area contributed by atoms with Crippen LogP contribution in [0.1, 0.15) is 31.7 Å². The normalized spacial score (nSPS) is 35.3. The van der Waals surface area contributed by atoms with E-state index in [1.807, 2.05) is 31.2 Å². The lowest BCUT2D eigenvalue weighted by atomic mass is 9.84. The minimum atomic E-state index is -0.602. The number of quaternary nitrogens is 1. The Labute approximate surface area is 129 Å². The van der Waals surface area contributed by atoms with E-state index < -0.39 is 5.54 Å². The van der Waals surface area contributed by atoms with Crippen LogP contribution in [0.25, 0.3) is 0 Å². The first kappa shape index (κ1) is 13.8. The van der Waals surface area contributed by atoms with Gasteiger partial charge in [-0.3, -0.25) is 9.59 Å². The molecule has 116 valence electrons. The minimum absolute atomic E-state index is 0.0439. The molecule has 0 radical (unpaired) electrons. The maximum atomic E-state index is 12.8. The summed E-state index contributed by atoms with van der Waals surface area (Å²) in [6.07, 6.45) is 2.62. The molecule has 0 aliphatic carbocycles. The molecule has 5 heteroatoms. The number of hydrogen-bond donors (Lipinski definition) is 2. The fourth-order valence-corrected chi connectivity index (χ4v) is 4.78. The summed E-state index contributed by atoms with van der Waals surface area (Å²) < 4.78 is 5.28. The molecule has 3 aliphatic heterocycles. The fraction of sp³-hybridized carbons (Fsp3) is 0.529. The minimum Gasteiger partial charge on any atom is -0.466 e. The number of benzene rings is 1. The molecule has 5 nitrogen and oxygen atoms in total. The summed E-state index contributed by atoms with van der Waals surface area (Å²) in [5.74, 6) is -0.266. The lowest BCUT2D eigenvalue weighted by Crippen LogP contribution is -3.19. The van der Waals surface area contributed by atoms with E-state index in [1.165, 1.54) is 4.90 Å². The lowest BCUT2D eigenvalue weighted by molar-refractivity contribution is -0.947. The van der Waals surface area contributed by atoms with Crippen LogP contribution in [0.4, 0.5) is 5.69 Å². The van der Waals surface area contributed by atoms with Crippen LogP contribution in [-0.4, -0.2) is 31.1 Å². The van der Waals surface area contributed by atoms with Crippen molar-refractivity contribution in [3.8, 4) is 0 Å². The molecule has 1 unspecified atom stereocenters. The second kappa shape index (κ2) is 4.81. The van der Waals surface area contributed by atoms with Gasteiger partial charge in [0.2, 0.25) is 5.54 Å². The van der Waals surface area contributed by atoms with Gasteiger partial charge in [0.15, 0.2) is 0 Å². The Balaban J connectivity index is 1.79. The molecule has 2 saturated heterocycles. The van der Waals surface area contributed by atoms with Crippen molar-refractivity contribution in [1.82, 2.24) is 0 Å². The molecule has 3 heterocycles. The Morgan fingerprint density at radius 3 is 3.09 bits per heavy atom. The largest absolute Gasteiger partial charge is 0.466 e. The number of fused-ring (bicyclic) bond motifs is 4. The Hall–Kier alpha value is -1.88. The van der Waals surface area contributed by atoms with Gasteiger partial charge in [0, 0.05) is 24.8 Å². The number of esters is 1. The molecule has 1 amide bonds. The van der Waals surface area contributed by atoms with E-state index in [2.05, 4.69) is 5.32 Å². The number of carbonyl (C=O) groups is 2. The van der Waals surface area contributed by atoms with E-state index in [0.29, 0.717) is 13.0 Å². The molecule has 3 aliphatic rings. The Kier molecular flexibility index (Phi) is 3.01. The summed E-state index contributed by atoms with van der Waals surface area (Å²) in [5, 5.41) is 3.02. The quantitative estimate of drug-likeness (QED) is 0.781. The maximum absolute atomic E-state index is 12.8. The number of amides is 1. The number of carbonyl (C=O) groups excluding carboxylic acids is 2. The van der Waals surface area contributed by atoms with Crippen LogP contribution in [0.2, 0.25) is 0 Å². The molecule has 1 aromatic rings. The van der Waals surface area contributed by atoms with Gasteiger partial charge in [0.25, 0.3) is 5.91 Å². The first-order valence-corrected chi connectivity index (χ1v) is 8.12. The maximum Gasteiger partial charge on any atom is 0.315 e. The highest BCUT2D eigenvalue weighted by Crippen LogP contribution is 2.44. The third-order valence-electron chi connectivity index (χ3n) is 5.58. The van der Waals surface area contributed by atoms with Crippen LogP contribution >= 0.6 is 0 Å². The molecule has 2 N–H and O–H groups in total. The van der Waals surface area contributed by atoms with Gasteiger partial charge < -0.3 is 15.0 Å². The van der Waals surface area contributed by atoms with Crippen molar-refractivity contribution in [2.24, 2.45) is 5.92 Å². The SMILES string of the molecule is CCOC(=O)[C@@H]1C[C@@]2(C(=O)Nc3ccccc32)[NH+]2CCC[C@@H]12. The number of anilines is 1. The van der Waals surface area contributed by atoms with Crippen LogP contribution in [0, 0.1) is 5.92 Å². The van der Waals surface area contributed by atoms with Crippen molar-refractivity contribution < 1.29 is 19.2 Å². The molecule has 1 spiro atoms. The van der Waals surface area contributed by atoms with E-state index in [4.69, 9.17) is 4.74 Å². The molecule has 4 atom stereocenters. The van der Waals surface area contributed by atoms with Crippen molar-refractivity contribution in [3.63, 3.8) is 0 Å². The van der Waals surface area contributed by atoms with E-state index in [0.717, 1.165) is 30.6 Å². The summed E-state index contributed by atoms with van der Waals surface area (Å²) in [4.78, 5) is 26.5. The van der Waals surface area contributed by atoms with Crippen LogP contribution < -0.4 is 10.2 Å². The predicted molar refractivity (Wildman–Crippen MR) is 80.3 cm³/mol. The van der Waals surface area contributed by atoms with Gasteiger partial charge in [-0.05, 0) is 13.0 Å². The zero-order chi connectivity index (χ0) is 15.3. The zero-order valence-electron chi connectivity index (χ0n) is 12.7. The predicted octanol–water partition coefficient (Wildman–Crippen LogP) is 0.464. The second-order valence-corrected chi connectivity index (χ2v) is 6.49. The number of nitrogens with one attached hydrogen (secondary N) is 2. The summed E-state index contributed by atoms with van der Waals surface area (Å²) in [6, 6.07) is 8.10. The van der Waals surface area contributed by atoms with E-state index >= 15 is 0 Å². The summed E-state index contributed by atoms with van der Waals surface area (Å²) in [5.41, 5.74) is 1.35. The molecular weight excluding hydrogens is 280 g/mol. The molecule has 4 rings (SSSR count). The summed E-state index contributed by atoms with van der Waals surface area (Å²) >= 11 is 0. The molecular formula is C17H21N2O3+. The molecule has 0 saturated carbocycles. The molecule has 2 fully saturated rings. The van der Waals surface area contributed by atoms with Crippen LogP contribution in [0.3, 0.4) is 0 Å². The third-order valence-corrected chi connectivity index (χ3v) is 5.58. The number of ether oxygens (including phenoxy) is 1. The second-order valence-electron chi connectivity index (χ2n) is 6.49. The summed E-state index contributed by atoms with van der Waals surface area (Å²) in [6.45, 7) is 3.18. The monoisotopic (exact) mass is 301 g/mol. The van der Waals surface area contributed by atoms with E-state index in [1.54, 1.807) is 0 Å². The lowest BCUT2D eigenvalue weighted by Gasteiger charge is -2.29. The highest BCUT2D eigenvalue weighted by Gasteiger charge is 2.67. The highest BCUT2D eigenvalue weighted by atomic mass is 16.5. The first-order chi connectivity index (χ1) is 10.7. The average molecular weight is 301 g/mol. The van der Waals surface area contributed by atoms with Crippen molar-refractivity contribution in [2.45, 2.75) is 37.8 Å². The number of hydrogen-bond acceptors (Lipinski definition) is 3. The van der Waals surface area contributed by atoms with Crippen molar-refractivity contribution in [3.05, 3.63) is 29.8 Å². The zero-order valence-corrected chi connectivity index (χ0v) is 12.7. The Morgan fingerprint density at radius 1 is 1.45 bits per heavy atom. The average Bonchev–Trinajstić information content (AvgIpc) is 3.16. The Morgan fingerprint density at radius 2 is 2.27 bits per heavy atom. The van der Waals surface area contributed by atoms with Crippen LogP contribution in [-0.2, 0) is 19.9 Å². The molecule has 1 aromatic carbocycles. The number of para-hydroxylation sites is 1. The standard InChI is InChI=1S/C17H20N2O3/c1-2-22-15(20)11-10-17(19-9-5-8-14(11)19)12-6-3-4-7-13(12)18-16(17)21/h3-4,6-7,11,14H,2,5,8-10H2,1H3,(H,18,21)/p+1/t11-,14+,17-/m1/s1. The molecule has 0 bridgehead atoms. The molecule has 22 heavy (non-hydrogen) atoms. The summed E-state index contributed by atoms with van der Waals surface area (Å²) in [7, 11) is 0.